The van der Waals surface area contributed by atoms with Crippen LogP contribution in [0.2, 0.25) is 0 Å². The number of carbonyl (C=O) groups excluding carboxylic acids is 1. The zero-order chi connectivity index (χ0) is 15.4. The maximum Gasteiger partial charge on any atom is 0.225 e. The van der Waals surface area contributed by atoms with Gasteiger partial charge in [-0.05, 0) is 31.5 Å². The molecule has 0 bridgehead atoms. The lowest BCUT2D eigenvalue weighted by Gasteiger charge is -2.26. The fourth-order valence-corrected chi connectivity index (χ4v) is 2.89. The molecule has 5 nitrogen and oxygen atoms in total. The lowest BCUT2D eigenvalue weighted by Crippen LogP contribution is -2.39. The van der Waals surface area contributed by atoms with E-state index in [0.717, 1.165) is 43.0 Å². The van der Waals surface area contributed by atoms with Crippen molar-refractivity contribution in [2.45, 2.75) is 19.4 Å². The van der Waals surface area contributed by atoms with Gasteiger partial charge in [-0.1, -0.05) is 30.3 Å². The monoisotopic (exact) mass is 334 g/mol. The van der Waals surface area contributed by atoms with Gasteiger partial charge in [-0.3, -0.25) is 4.79 Å². The van der Waals surface area contributed by atoms with Crippen molar-refractivity contribution in [2.24, 2.45) is 5.92 Å². The minimum atomic E-state index is 0. The van der Waals surface area contributed by atoms with Gasteiger partial charge in [-0.2, -0.15) is 0 Å². The summed E-state index contributed by atoms with van der Waals surface area (Å²) in [6.07, 6.45) is 3.68. The van der Waals surface area contributed by atoms with Crippen molar-refractivity contribution in [3.05, 3.63) is 42.4 Å². The van der Waals surface area contributed by atoms with Crippen molar-refractivity contribution in [1.29, 1.82) is 0 Å². The number of carbonyl (C=O) groups is 1. The molecule has 2 heterocycles. The lowest BCUT2D eigenvalue weighted by molar-refractivity contribution is -0.135. The third-order valence-electron chi connectivity index (χ3n) is 4.16. The quantitative estimate of drug-likeness (QED) is 0.903. The Hall–Kier alpha value is -1.85. The number of amides is 1. The summed E-state index contributed by atoms with van der Waals surface area (Å²) in [5, 5.41) is 3.29. The first-order valence-electron chi connectivity index (χ1n) is 7.79. The smallest absolute Gasteiger partial charge is 0.225 e. The first-order valence-corrected chi connectivity index (χ1v) is 7.79. The second-order valence-electron chi connectivity index (χ2n) is 5.83. The van der Waals surface area contributed by atoms with Crippen LogP contribution in [0.3, 0.4) is 0 Å². The van der Waals surface area contributed by atoms with E-state index < -0.39 is 0 Å². The number of aromatic amines is 1. The average molecular weight is 335 g/mol. The molecule has 124 valence electrons. The van der Waals surface area contributed by atoms with E-state index in [0.29, 0.717) is 6.54 Å². The van der Waals surface area contributed by atoms with Crippen LogP contribution in [-0.4, -0.2) is 40.9 Å². The molecule has 2 aromatic rings. The van der Waals surface area contributed by atoms with E-state index in [1.807, 2.05) is 43.6 Å². The summed E-state index contributed by atoms with van der Waals surface area (Å²) >= 11 is 0. The van der Waals surface area contributed by atoms with Gasteiger partial charge in [0.2, 0.25) is 5.91 Å². The van der Waals surface area contributed by atoms with Crippen LogP contribution in [0.4, 0.5) is 0 Å². The molecule has 23 heavy (non-hydrogen) atoms. The number of rotatable bonds is 4. The molecular weight excluding hydrogens is 312 g/mol. The van der Waals surface area contributed by atoms with Crippen molar-refractivity contribution >= 4 is 18.3 Å². The first kappa shape index (κ1) is 17.5. The van der Waals surface area contributed by atoms with E-state index in [9.17, 15) is 4.79 Å². The molecule has 1 saturated heterocycles. The zero-order valence-corrected chi connectivity index (χ0v) is 14.1. The molecule has 2 N–H and O–H groups in total. The standard InChI is InChI=1S/C17H22N4O.ClH/c1-21(17(22)14-7-9-18-10-8-14)12-16-19-11-15(20-16)13-5-3-2-4-6-13;/h2-6,11,14,18H,7-10,12H2,1H3,(H,19,20);1H. The highest BCUT2D eigenvalue weighted by molar-refractivity contribution is 5.85. The predicted octanol–water partition coefficient (Wildman–Crippen LogP) is 2.46. The second-order valence-corrected chi connectivity index (χ2v) is 5.83. The molecule has 1 aromatic heterocycles. The summed E-state index contributed by atoms with van der Waals surface area (Å²) < 4.78 is 0. The summed E-state index contributed by atoms with van der Waals surface area (Å²) in [5.41, 5.74) is 2.09. The van der Waals surface area contributed by atoms with Gasteiger partial charge < -0.3 is 15.2 Å². The van der Waals surface area contributed by atoms with Crippen molar-refractivity contribution < 1.29 is 4.79 Å². The fourth-order valence-electron chi connectivity index (χ4n) is 2.89. The van der Waals surface area contributed by atoms with Crippen LogP contribution in [0, 0.1) is 5.92 Å². The summed E-state index contributed by atoms with van der Waals surface area (Å²) in [6, 6.07) is 10.1. The molecule has 1 fully saturated rings. The van der Waals surface area contributed by atoms with Crippen LogP contribution in [0.5, 0.6) is 0 Å². The minimum Gasteiger partial charge on any atom is -0.341 e. The van der Waals surface area contributed by atoms with Crippen molar-refractivity contribution in [3.8, 4) is 11.3 Å². The van der Waals surface area contributed by atoms with Crippen LogP contribution >= 0.6 is 12.4 Å². The lowest BCUT2D eigenvalue weighted by atomic mass is 9.97. The Labute approximate surface area is 142 Å². The Morgan fingerprint density at radius 1 is 1.26 bits per heavy atom. The van der Waals surface area contributed by atoms with Gasteiger partial charge >= 0.3 is 0 Å². The number of hydrogen-bond acceptors (Lipinski definition) is 3. The average Bonchev–Trinajstić information content (AvgIpc) is 3.04. The Kier molecular flexibility index (Phi) is 6.19. The summed E-state index contributed by atoms with van der Waals surface area (Å²) in [7, 11) is 1.86. The van der Waals surface area contributed by atoms with E-state index in [1.165, 1.54) is 0 Å². The minimum absolute atomic E-state index is 0. The number of H-pyrrole nitrogens is 1. The molecule has 0 atom stereocenters. The SMILES string of the molecule is CN(Cc1ncc(-c2ccccc2)[nH]1)C(=O)C1CCNCC1.Cl. The second kappa shape index (κ2) is 8.13. The number of nitrogens with one attached hydrogen (secondary N) is 2. The van der Waals surface area contributed by atoms with Crippen LogP contribution in [0.15, 0.2) is 36.5 Å². The molecule has 0 saturated carbocycles. The van der Waals surface area contributed by atoms with Gasteiger partial charge in [-0.15, -0.1) is 12.4 Å². The Balaban J connectivity index is 0.00000192. The van der Waals surface area contributed by atoms with Crippen molar-refractivity contribution in [2.75, 3.05) is 20.1 Å². The number of imidazole rings is 1. The molecule has 1 aromatic carbocycles. The van der Waals surface area contributed by atoms with E-state index >= 15 is 0 Å². The van der Waals surface area contributed by atoms with Crippen molar-refractivity contribution in [3.63, 3.8) is 0 Å². The Morgan fingerprint density at radius 2 is 1.96 bits per heavy atom. The van der Waals surface area contributed by atoms with Crippen LogP contribution in [0.1, 0.15) is 18.7 Å². The molecule has 0 spiro atoms. The van der Waals surface area contributed by atoms with E-state index in [-0.39, 0.29) is 24.2 Å². The largest absolute Gasteiger partial charge is 0.341 e. The summed E-state index contributed by atoms with van der Waals surface area (Å²) in [6.45, 7) is 2.39. The third-order valence-corrected chi connectivity index (χ3v) is 4.16. The molecule has 0 radical (unpaired) electrons. The molecule has 1 aliphatic rings. The molecule has 1 amide bonds. The maximum atomic E-state index is 12.4. The summed E-state index contributed by atoms with van der Waals surface area (Å²) in [5.74, 6) is 1.19. The van der Waals surface area contributed by atoms with Gasteiger partial charge in [0.1, 0.15) is 5.82 Å². The van der Waals surface area contributed by atoms with E-state index in [2.05, 4.69) is 15.3 Å². The van der Waals surface area contributed by atoms with Gasteiger partial charge in [0.05, 0.1) is 18.4 Å². The zero-order valence-electron chi connectivity index (χ0n) is 13.3. The molecule has 6 heteroatoms. The number of halogens is 1. The number of piperidine rings is 1. The molecule has 3 rings (SSSR count). The molecular formula is C17H23ClN4O. The first-order chi connectivity index (χ1) is 10.7. The molecule has 1 aliphatic heterocycles. The van der Waals surface area contributed by atoms with Crippen LogP contribution in [0.25, 0.3) is 11.3 Å². The van der Waals surface area contributed by atoms with Gasteiger partial charge in [-0.25, -0.2) is 4.98 Å². The highest BCUT2D eigenvalue weighted by atomic mass is 35.5. The van der Waals surface area contributed by atoms with Gasteiger partial charge in [0, 0.05) is 13.0 Å². The normalized spacial score (nSPS) is 15.0. The maximum absolute atomic E-state index is 12.4. The third kappa shape index (κ3) is 4.33. The van der Waals surface area contributed by atoms with Gasteiger partial charge in [0.25, 0.3) is 0 Å². The number of benzene rings is 1. The van der Waals surface area contributed by atoms with Gasteiger partial charge in [0.15, 0.2) is 0 Å². The highest BCUT2D eigenvalue weighted by Gasteiger charge is 2.24. The van der Waals surface area contributed by atoms with Crippen molar-refractivity contribution in [1.82, 2.24) is 20.2 Å². The predicted molar refractivity (Wildman–Crippen MR) is 93.3 cm³/mol. The van der Waals surface area contributed by atoms with Crippen LogP contribution < -0.4 is 5.32 Å². The molecule has 0 aliphatic carbocycles. The Bertz CT molecular complexity index is 623. The number of nitrogens with zero attached hydrogens (tertiary/aromatic N) is 2. The fraction of sp³-hybridized carbons (Fsp3) is 0.412. The van der Waals surface area contributed by atoms with E-state index in [4.69, 9.17) is 0 Å². The number of aromatic nitrogens is 2. The van der Waals surface area contributed by atoms with E-state index in [1.54, 1.807) is 4.90 Å². The molecule has 0 unspecified atom stereocenters. The summed E-state index contributed by atoms with van der Waals surface area (Å²) in [4.78, 5) is 21.9. The number of hydrogen-bond donors (Lipinski definition) is 2. The topological polar surface area (TPSA) is 61.0 Å². The highest BCUT2D eigenvalue weighted by Crippen LogP contribution is 2.18. The Morgan fingerprint density at radius 3 is 2.65 bits per heavy atom. The van der Waals surface area contributed by atoms with Crippen LogP contribution in [-0.2, 0) is 11.3 Å².